The number of amides is 2. The quantitative estimate of drug-likeness (QED) is 0.834. The minimum atomic E-state index is -0.827. The number of primary amides is 1. The van der Waals surface area contributed by atoms with Gasteiger partial charge in [0.2, 0.25) is 5.91 Å². The number of ether oxygens (including phenoxy) is 2. The van der Waals surface area contributed by atoms with Crippen LogP contribution in [0.25, 0.3) is 0 Å². The van der Waals surface area contributed by atoms with Crippen molar-refractivity contribution in [2.75, 3.05) is 23.5 Å². The Bertz CT molecular complexity index is 961. The summed E-state index contributed by atoms with van der Waals surface area (Å²) in [6.45, 7) is 0.910. The minimum absolute atomic E-state index is 0.0447. The van der Waals surface area contributed by atoms with E-state index >= 15 is 0 Å². The molecule has 0 saturated carbocycles. The van der Waals surface area contributed by atoms with Crippen molar-refractivity contribution >= 4 is 28.9 Å². The van der Waals surface area contributed by atoms with Gasteiger partial charge in [-0.25, -0.2) is 4.39 Å². The predicted molar refractivity (Wildman–Crippen MR) is 100.0 cm³/mol. The molecular weight excluding hydrogens is 367 g/mol. The standard InChI is InChI=1S/C19H17FN4O4/c20-11-1-4-13(5-2-11)24-15(18(21)25)10-14(23-24)19(26)22-12-3-6-16-17(9-12)28-8-7-27-16/h1-6,9,15H,7-8,10H2,(H2,21,25)(H,22,26)/t15-/m0/s1. The second kappa shape index (κ2) is 7.18. The third-order valence-corrected chi connectivity index (χ3v) is 4.39. The Morgan fingerprint density at radius 2 is 1.82 bits per heavy atom. The van der Waals surface area contributed by atoms with E-state index in [4.69, 9.17) is 15.2 Å². The molecule has 0 aromatic heterocycles. The van der Waals surface area contributed by atoms with E-state index in [0.29, 0.717) is 36.1 Å². The monoisotopic (exact) mass is 384 g/mol. The average Bonchev–Trinajstić information content (AvgIpc) is 3.14. The molecule has 0 fully saturated rings. The van der Waals surface area contributed by atoms with Gasteiger partial charge in [-0.1, -0.05) is 0 Å². The molecule has 9 heteroatoms. The highest BCUT2D eigenvalue weighted by molar-refractivity contribution is 6.44. The Morgan fingerprint density at radius 3 is 2.54 bits per heavy atom. The number of fused-ring (bicyclic) bond motifs is 1. The maximum Gasteiger partial charge on any atom is 0.271 e. The van der Waals surface area contributed by atoms with Gasteiger partial charge in [0.1, 0.15) is 30.8 Å². The number of hydrogen-bond acceptors (Lipinski definition) is 6. The molecule has 28 heavy (non-hydrogen) atoms. The number of carbonyl (C=O) groups excluding carboxylic acids is 2. The summed E-state index contributed by atoms with van der Waals surface area (Å²) in [5.41, 5.74) is 6.57. The van der Waals surface area contributed by atoms with Gasteiger partial charge in [-0.05, 0) is 36.4 Å². The van der Waals surface area contributed by atoms with E-state index in [1.165, 1.54) is 29.3 Å². The maximum atomic E-state index is 13.2. The Kier molecular flexibility index (Phi) is 4.56. The molecule has 2 aliphatic rings. The summed E-state index contributed by atoms with van der Waals surface area (Å²) in [4.78, 5) is 24.4. The lowest BCUT2D eigenvalue weighted by molar-refractivity contribution is -0.119. The number of hydrazone groups is 1. The number of hydrogen-bond donors (Lipinski definition) is 2. The van der Waals surface area contributed by atoms with Crippen molar-refractivity contribution < 1.29 is 23.5 Å². The average molecular weight is 384 g/mol. The number of nitrogens with zero attached hydrogens (tertiary/aromatic N) is 2. The Hall–Kier alpha value is -3.62. The van der Waals surface area contributed by atoms with Gasteiger partial charge < -0.3 is 20.5 Å². The van der Waals surface area contributed by atoms with Gasteiger partial charge in [0, 0.05) is 18.2 Å². The van der Waals surface area contributed by atoms with Gasteiger partial charge in [-0.2, -0.15) is 5.10 Å². The Balaban J connectivity index is 1.54. The van der Waals surface area contributed by atoms with Gasteiger partial charge in [0.15, 0.2) is 11.5 Å². The zero-order valence-electron chi connectivity index (χ0n) is 14.7. The number of anilines is 2. The van der Waals surface area contributed by atoms with Gasteiger partial charge in [0.25, 0.3) is 5.91 Å². The predicted octanol–water partition coefficient (Wildman–Crippen LogP) is 1.66. The van der Waals surface area contributed by atoms with Crippen LogP contribution in [-0.4, -0.2) is 36.8 Å². The van der Waals surface area contributed by atoms with Crippen LogP contribution in [0.5, 0.6) is 11.5 Å². The Labute approximate surface area is 159 Å². The van der Waals surface area contributed by atoms with E-state index in [-0.39, 0.29) is 12.1 Å². The van der Waals surface area contributed by atoms with Gasteiger partial charge in [0.05, 0.1) is 5.69 Å². The van der Waals surface area contributed by atoms with E-state index in [2.05, 4.69) is 10.4 Å². The minimum Gasteiger partial charge on any atom is -0.486 e. The fraction of sp³-hybridized carbons (Fsp3) is 0.211. The molecule has 3 N–H and O–H groups in total. The molecule has 0 spiro atoms. The normalized spacial score (nSPS) is 17.8. The van der Waals surface area contributed by atoms with Crippen molar-refractivity contribution in [3.8, 4) is 11.5 Å². The van der Waals surface area contributed by atoms with Crippen LogP contribution in [0.4, 0.5) is 15.8 Å². The molecular formula is C19H17FN4O4. The molecule has 144 valence electrons. The molecule has 1 atom stereocenters. The lowest BCUT2D eigenvalue weighted by atomic mass is 10.1. The number of rotatable bonds is 4. The fourth-order valence-corrected chi connectivity index (χ4v) is 3.03. The first kappa shape index (κ1) is 17.8. The van der Waals surface area contributed by atoms with Crippen LogP contribution in [0.2, 0.25) is 0 Å². The molecule has 2 heterocycles. The maximum absolute atomic E-state index is 13.2. The number of carbonyl (C=O) groups is 2. The molecule has 2 aromatic rings. The highest BCUT2D eigenvalue weighted by Crippen LogP contribution is 2.33. The molecule has 0 unspecified atom stereocenters. The second-order valence-corrected chi connectivity index (χ2v) is 6.30. The van der Waals surface area contributed by atoms with Crippen molar-refractivity contribution in [2.24, 2.45) is 10.8 Å². The van der Waals surface area contributed by atoms with E-state index in [0.717, 1.165) is 0 Å². The van der Waals surface area contributed by atoms with Crippen LogP contribution in [0.3, 0.4) is 0 Å². The summed E-state index contributed by atoms with van der Waals surface area (Å²) in [5.74, 6) is -0.360. The summed E-state index contributed by atoms with van der Waals surface area (Å²) in [7, 11) is 0. The number of halogens is 1. The van der Waals surface area contributed by atoms with Crippen LogP contribution in [0.15, 0.2) is 47.6 Å². The third-order valence-electron chi connectivity index (χ3n) is 4.39. The number of nitrogens with two attached hydrogens (primary N) is 1. The second-order valence-electron chi connectivity index (χ2n) is 6.30. The smallest absolute Gasteiger partial charge is 0.271 e. The molecule has 2 aliphatic heterocycles. The highest BCUT2D eigenvalue weighted by Gasteiger charge is 2.35. The SMILES string of the molecule is NC(=O)[C@@H]1CC(C(=O)Nc2ccc3c(c2)OCCO3)=NN1c1ccc(F)cc1. The van der Waals surface area contributed by atoms with E-state index in [1.54, 1.807) is 18.2 Å². The topological polar surface area (TPSA) is 106 Å². The van der Waals surface area contributed by atoms with Crippen molar-refractivity contribution in [2.45, 2.75) is 12.5 Å². The zero-order chi connectivity index (χ0) is 19.7. The van der Waals surface area contributed by atoms with Crippen molar-refractivity contribution in [1.82, 2.24) is 0 Å². The van der Waals surface area contributed by atoms with Crippen LogP contribution < -0.4 is 25.5 Å². The van der Waals surface area contributed by atoms with Crippen molar-refractivity contribution in [1.29, 1.82) is 0 Å². The molecule has 0 saturated heterocycles. The summed E-state index contributed by atoms with van der Waals surface area (Å²) in [5, 5.41) is 8.30. The third kappa shape index (κ3) is 3.46. The van der Waals surface area contributed by atoms with Crippen molar-refractivity contribution in [3.63, 3.8) is 0 Å². The first-order chi connectivity index (χ1) is 13.5. The highest BCUT2D eigenvalue weighted by atomic mass is 19.1. The van der Waals surface area contributed by atoms with Crippen LogP contribution in [0.1, 0.15) is 6.42 Å². The fourth-order valence-electron chi connectivity index (χ4n) is 3.03. The molecule has 4 rings (SSSR count). The van der Waals surface area contributed by atoms with Crippen molar-refractivity contribution in [3.05, 3.63) is 48.3 Å². The summed E-state index contributed by atoms with van der Waals surface area (Å²) >= 11 is 0. The molecule has 0 aliphatic carbocycles. The van der Waals surface area contributed by atoms with Gasteiger partial charge in [-0.15, -0.1) is 0 Å². The lowest BCUT2D eigenvalue weighted by Gasteiger charge is -2.20. The molecule has 2 amide bonds. The molecule has 2 aromatic carbocycles. The lowest BCUT2D eigenvalue weighted by Crippen LogP contribution is -2.39. The summed E-state index contributed by atoms with van der Waals surface area (Å²) in [6.07, 6.45) is 0.0447. The van der Waals surface area contributed by atoms with E-state index < -0.39 is 23.7 Å². The van der Waals surface area contributed by atoms with Gasteiger partial charge >= 0.3 is 0 Å². The first-order valence-electron chi connectivity index (χ1n) is 8.64. The van der Waals surface area contributed by atoms with Crippen LogP contribution >= 0.6 is 0 Å². The molecule has 0 radical (unpaired) electrons. The molecule has 0 bridgehead atoms. The van der Waals surface area contributed by atoms with E-state index in [9.17, 15) is 14.0 Å². The molecule has 8 nitrogen and oxygen atoms in total. The largest absolute Gasteiger partial charge is 0.486 e. The van der Waals surface area contributed by atoms with Gasteiger partial charge in [-0.3, -0.25) is 14.6 Å². The summed E-state index contributed by atoms with van der Waals surface area (Å²) in [6, 6.07) is 9.65. The Morgan fingerprint density at radius 1 is 1.11 bits per heavy atom. The van der Waals surface area contributed by atoms with Crippen LogP contribution in [0, 0.1) is 5.82 Å². The van der Waals surface area contributed by atoms with E-state index in [1.807, 2.05) is 0 Å². The van der Waals surface area contributed by atoms with Crippen LogP contribution in [-0.2, 0) is 9.59 Å². The number of nitrogens with one attached hydrogen (secondary N) is 1. The number of benzene rings is 2. The zero-order valence-corrected chi connectivity index (χ0v) is 14.7. The summed E-state index contributed by atoms with van der Waals surface area (Å²) < 4.78 is 24.1. The first-order valence-corrected chi connectivity index (χ1v) is 8.64.